The molecule has 1 rings (SSSR count). The predicted molar refractivity (Wildman–Crippen MR) is 72.1 cm³/mol. The Balaban J connectivity index is 2.37. The SMILES string of the molecule is CCc1ccc(CNC(=O)CC(CN)OC)cc1. The predicted octanol–water partition coefficient (Wildman–Crippen LogP) is 1.23. The van der Waals surface area contributed by atoms with Crippen LogP contribution < -0.4 is 11.1 Å². The second-order valence-corrected chi connectivity index (χ2v) is 4.24. The van der Waals surface area contributed by atoms with Gasteiger partial charge in [0.2, 0.25) is 5.91 Å². The van der Waals surface area contributed by atoms with E-state index in [1.54, 1.807) is 7.11 Å². The standard InChI is InChI=1S/C14H22N2O2/c1-3-11-4-6-12(7-5-11)10-16-14(17)8-13(9-15)18-2/h4-7,13H,3,8-10,15H2,1-2H3,(H,16,17). The Kier molecular flexibility index (Phi) is 6.39. The van der Waals surface area contributed by atoms with Gasteiger partial charge in [-0.25, -0.2) is 0 Å². The van der Waals surface area contributed by atoms with Crippen molar-refractivity contribution in [2.24, 2.45) is 5.73 Å². The molecule has 0 aliphatic rings. The van der Waals surface area contributed by atoms with Crippen molar-refractivity contribution in [2.75, 3.05) is 13.7 Å². The summed E-state index contributed by atoms with van der Waals surface area (Å²) in [5.74, 6) is -0.0353. The van der Waals surface area contributed by atoms with Gasteiger partial charge in [-0.3, -0.25) is 4.79 Å². The van der Waals surface area contributed by atoms with Crippen molar-refractivity contribution >= 4 is 5.91 Å². The van der Waals surface area contributed by atoms with Crippen LogP contribution in [0.5, 0.6) is 0 Å². The van der Waals surface area contributed by atoms with Gasteiger partial charge in [0, 0.05) is 20.2 Å². The van der Waals surface area contributed by atoms with E-state index in [1.807, 2.05) is 12.1 Å². The molecule has 1 aromatic rings. The number of amides is 1. The third-order valence-electron chi connectivity index (χ3n) is 2.93. The monoisotopic (exact) mass is 250 g/mol. The molecule has 0 fully saturated rings. The Labute approximate surface area is 109 Å². The van der Waals surface area contributed by atoms with E-state index in [1.165, 1.54) is 5.56 Å². The summed E-state index contributed by atoms with van der Waals surface area (Å²) in [5, 5.41) is 2.86. The third-order valence-corrected chi connectivity index (χ3v) is 2.93. The van der Waals surface area contributed by atoms with Crippen LogP contribution in [0.15, 0.2) is 24.3 Å². The van der Waals surface area contributed by atoms with Gasteiger partial charge < -0.3 is 15.8 Å². The molecular weight excluding hydrogens is 228 g/mol. The van der Waals surface area contributed by atoms with Crippen LogP contribution in [0, 0.1) is 0 Å². The first kappa shape index (κ1) is 14.7. The Hall–Kier alpha value is -1.39. The highest BCUT2D eigenvalue weighted by Gasteiger charge is 2.10. The highest BCUT2D eigenvalue weighted by atomic mass is 16.5. The number of hydrogen-bond donors (Lipinski definition) is 2. The van der Waals surface area contributed by atoms with Crippen molar-refractivity contribution in [1.82, 2.24) is 5.32 Å². The Morgan fingerprint density at radius 1 is 1.33 bits per heavy atom. The first-order valence-electron chi connectivity index (χ1n) is 6.27. The van der Waals surface area contributed by atoms with Crippen LogP contribution in [0.4, 0.5) is 0 Å². The molecular formula is C14H22N2O2. The second kappa shape index (κ2) is 7.84. The third kappa shape index (κ3) is 4.85. The summed E-state index contributed by atoms with van der Waals surface area (Å²) in [6.45, 7) is 3.02. The summed E-state index contributed by atoms with van der Waals surface area (Å²) in [6.07, 6.45) is 1.13. The van der Waals surface area contributed by atoms with Crippen LogP contribution in [0.3, 0.4) is 0 Å². The fraction of sp³-hybridized carbons (Fsp3) is 0.500. The van der Waals surface area contributed by atoms with E-state index in [-0.39, 0.29) is 12.0 Å². The molecule has 0 heterocycles. The van der Waals surface area contributed by atoms with Crippen molar-refractivity contribution in [3.05, 3.63) is 35.4 Å². The molecule has 0 aromatic heterocycles. The fourth-order valence-corrected chi connectivity index (χ4v) is 1.64. The maximum atomic E-state index is 11.6. The Morgan fingerprint density at radius 2 is 1.94 bits per heavy atom. The summed E-state index contributed by atoms with van der Waals surface area (Å²) < 4.78 is 5.07. The molecule has 1 amide bonds. The number of aryl methyl sites for hydroxylation is 1. The molecule has 4 heteroatoms. The van der Waals surface area contributed by atoms with Gasteiger partial charge in [-0.1, -0.05) is 31.2 Å². The zero-order chi connectivity index (χ0) is 13.4. The minimum atomic E-state index is -0.201. The van der Waals surface area contributed by atoms with E-state index in [0.717, 1.165) is 12.0 Å². The van der Waals surface area contributed by atoms with Gasteiger partial charge in [-0.2, -0.15) is 0 Å². The Bertz CT molecular complexity index is 359. The molecule has 0 radical (unpaired) electrons. The first-order valence-corrected chi connectivity index (χ1v) is 6.27. The molecule has 1 aromatic carbocycles. The van der Waals surface area contributed by atoms with E-state index in [9.17, 15) is 4.79 Å². The molecule has 0 aliphatic carbocycles. The van der Waals surface area contributed by atoms with Crippen LogP contribution in [0.2, 0.25) is 0 Å². The number of carbonyl (C=O) groups excluding carboxylic acids is 1. The van der Waals surface area contributed by atoms with E-state index in [2.05, 4.69) is 24.4 Å². The van der Waals surface area contributed by atoms with Gasteiger partial charge in [0.1, 0.15) is 0 Å². The maximum Gasteiger partial charge on any atom is 0.222 e. The van der Waals surface area contributed by atoms with E-state index >= 15 is 0 Å². The number of nitrogens with two attached hydrogens (primary N) is 1. The molecule has 0 aliphatic heterocycles. The van der Waals surface area contributed by atoms with Crippen LogP contribution in [-0.4, -0.2) is 25.7 Å². The summed E-state index contributed by atoms with van der Waals surface area (Å²) in [5.41, 5.74) is 7.86. The van der Waals surface area contributed by atoms with Gasteiger partial charge >= 0.3 is 0 Å². The van der Waals surface area contributed by atoms with Crippen molar-refractivity contribution in [1.29, 1.82) is 0 Å². The van der Waals surface area contributed by atoms with Gasteiger partial charge in [0.15, 0.2) is 0 Å². The van der Waals surface area contributed by atoms with Crippen LogP contribution in [-0.2, 0) is 22.5 Å². The Morgan fingerprint density at radius 3 is 2.44 bits per heavy atom. The zero-order valence-electron chi connectivity index (χ0n) is 11.1. The normalized spacial score (nSPS) is 12.2. The van der Waals surface area contributed by atoms with E-state index in [0.29, 0.717) is 19.5 Å². The van der Waals surface area contributed by atoms with Crippen molar-refractivity contribution in [2.45, 2.75) is 32.4 Å². The van der Waals surface area contributed by atoms with Gasteiger partial charge in [-0.15, -0.1) is 0 Å². The van der Waals surface area contributed by atoms with Crippen molar-refractivity contribution in [3.8, 4) is 0 Å². The first-order chi connectivity index (χ1) is 8.69. The molecule has 18 heavy (non-hydrogen) atoms. The summed E-state index contributed by atoms with van der Waals surface area (Å²) in [7, 11) is 1.56. The number of nitrogens with one attached hydrogen (secondary N) is 1. The lowest BCUT2D eigenvalue weighted by atomic mass is 10.1. The largest absolute Gasteiger partial charge is 0.380 e. The topological polar surface area (TPSA) is 64.4 Å². The van der Waals surface area contributed by atoms with E-state index < -0.39 is 0 Å². The number of methoxy groups -OCH3 is 1. The quantitative estimate of drug-likeness (QED) is 0.765. The maximum absolute atomic E-state index is 11.6. The smallest absolute Gasteiger partial charge is 0.222 e. The molecule has 0 saturated carbocycles. The highest BCUT2D eigenvalue weighted by Crippen LogP contribution is 2.05. The molecule has 1 unspecified atom stereocenters. The molecule has 0 spiro atoms. The minimum Gasteiger partial charge on any atom is -0.380 e. The van der Waals surface area contributed by atoms with Crippen molar-refractivity contribution in [3.63, 3.8) is 0 Å². The van der Waals surface area contributed by atoms with Crippen LogP contribution in [0.1, 0.15) is 24.5 Å². The number of carbonyl (C=O) groups is 1. The minimum absolute atomic E-state index is 0.0353. The number of ether oxygens (including phenoxy) is 1. The molecule has 1 atom stereocenters. The molecule has 4 nitrogen and oxygen atoms in total. The average Bonchev–Trinajstić information content (AvgIpc) is 2.43. The number of benzene rings is 1. The van der Waals surface area contributed by atoms with Gasteiger partial charge in [-0.05, 0) is 17.5 Å². The lowest BCUT2D eigenvalue weighted by Crippen LogP contribution is -2.31. The molecule has 3 N–H and O–H groups in total. The highest BCUT2D eigenvalue weighted by molar-refractivity contribution is 5.76. The van der Waals surface area contributed by atoms with Gasteiger partial charge in [0.25, 0.3) is 0 Å². The van der Waals surface area contributed by atoms with Crippen LogP contribution in [0.25, 0.3) is 0 Å². The van der Waals surface area contributed by atoms with Gasteiger partial charge in [0.05, 0.1) is 12.5 Å². The average molecular weight is 250 g/mol. The number of rotatable bonds is 7. The molecule has 0 saturated heterocycles. The summed E-state index contributed by atoms with van der Waals surface area (Å²) in [6, 6.07) is 8.24. The second-order valence-electron chi connectivity index (χ2n) is 4.24. The summed E-state index contributed by atoms with van der Waals surface area (Å²) in [4.78, 5) is 11.6. The lowest BCUT2D eigenvalue weighted by Gasteiger charge is -2.12. The lowest BCUT2D eigenvalue weighted by molar-refractivity contribution is -0.123. The van der Waals surface area contributed by atoms with Crippen molar-refractivity contribution < 1.29 is 9.53 Å². The molecule has 0 bridgehead atoms. The fourth-order valence-electron chi connectivity index (χ4n) is 1.64. The van der Waals surface area contributed by atoms with E-state index in [4.69, 9.17) is 10.5 Å². The zero-order valence-corrected chi connectivity index (χ0v) is 11.1. The van der Waals surface area contributed by atoms with Crippen LogP contribution >= 0.6 is 0 Å². The molecule has 100 valence electrons. The number of hydrogen-bond acceptors (Lipinski definition) is 3. The summed E-state index contributed by atoms with van der Waals surface area (Å²) >= 11 is 0.